The standard InChI is InChI=1S/C12H20N2O3S2/c15-19(16,12-3-1-10-18-12)14-6-2-9-17-11-4-7-13-8-5-11/h1,3,10-11,13-14H,2,4-9H2. The van der Waals surface area contributed by atoms with Gasteiger partial charge < -0.3 is 10.1 Å². The van der Waals surface area contributed by atoms with Crippen molar-refractivity contribution in [3.63, 3.8) is 0 Å². The minimum Gasteiger partial charge on any atom is -0.378 e. The zero-order valence-electron chi connectivity index (χ0n) is 10.8. The Kier molecular flexibility index (Phi) is 5.77. The van der Waals surface area contributed by atoms with Crippen LogP contribution >= 0.6 is 11.3 Å². The third-order valence-corrected chi connectivity index (χ3v) is 5.87. The van der Waals surface area contributed by atoms with Crippen molar-refractivity contribution in [1.82, 2.24) is 10.0 Å². The molecule has 7 heteroatoms. The largest absolute Gasteiger partial charge is 0.378 e. The van der Waals surface area contributed by atoms with Gasteiger partial charge in [-0.3, -0.25) is 0 Å². The Morgan fingerprint density at radius 3 is 2.89 bits per heavy atom. The van der Waals surface area contributed by atoms with Gasteiger partial charge in [0.05, 0.1) is 6.10 Å². The Morgan fingerprint density at radius 1 is 1.42 bits per heavy atom. The molecule has 0 spiro atoms. The van der Waals surface area contributed by atoms with Gasteiger partial charge in [0.2, 0.25) is 10.0 Å². The SMILES string of the molecule is O=S(=O)(NCCCOC1CCNCC1)c1cccs1. The van der Waals surface area contributed by atoms with Crippen molar-refractivity contribution < 1.29 is 13.2 Å². The maximum Gasteiger partial charge on any atom is 0.250 e. The molecule has 1 aromatic heterocycles. The van der Waals surface area contributed by atoms with Crippen molar-refractivity contribution in [2.75, 3.05) is 26.2 Å². The topological polar surface area (TPSA) is 67.4 Å². The molecular formula is C12H20N2O3S2. The highest BCUT2D eigenvalue weighted by Crippen LogP contribution is 2.15. The highest BCUT2D eigenvalue weighted by Gasteiger charge is 2.15. The predicted molar refractivity (Wildman–Crippen MR) is 76.0 cm³/mol. The molecule has 0 aromatic carbocycles. The molecule has 2 rings (SSSR count). The van der Waals surface area contributed by atoms with Crippen molar-refractivity contribution in [3.8, 4) is 0 Å². The molecule has 2 heterocycles. The Labute approximate surface area is 118 Å². The van der Waals surface area contributed by atoms with E-state index in [0.29, 0.717) is 29.9 Å². The van der Waals surface area contributed by atoms with Crippen LogP contribution in [0.5, 0.6) is 0 Å². The molecule has 5 nitrogen and oxygen atoms in total. The second kappa shape index (κ2) is 7.35. The minimum absolute atomic E-state index is 0.329. The van der Waals surface area contributed by atoms with Gasteiger partial charge in [0.15, 0.2) is 0 Å². The molecule has 1 aromatic rings. The first-order valence-corrected chi connectivity index (χ1v) is 8.90. The van der Waals surface area contributed by atoms with E-state index in [1.807, 2.05) is 0 Å². The van der Waals surface area contributed by atoms with Gasteiger partial charge in [0.1, 0.15) is 4.21 Å². The molecule has 1 aliphatic rings. The number of hydrogen-bond acceptors (Lipinski definition) is 5. The van der Waals surface area contributed by atoms with Crippen LogP contribution in [0.2, 0.25) is 0 Å². The quantitative estimate of drug-likeness (QED) is 0.743. The predicted octanol–water partition coefficient (Wildman–Crippen LogP) is 1.19. The van der Waals surface area contributed by atoms with Gasteiger partial charge in [-0.05, 0) is 43.8 Å². The monoisotopic (exact) mass is 304 g/mol. The van der Waals surface area contributed by atoms with Crippen molar-refractivity contribution >= 4 is 21.4 Å². The fourth-order valence-electron chi connectivity index (χ4n) is 1.98. The maximum absolute atomic E-state index is 11.8. The van der Waals surface area contributed by atoms with Crippen LogP contribution in [0.3, 0.4) is 0 Å². The fourth-order valence-corrected chi connectivity index (χ4v) is 4.09. The van der Waals surface area contributed by atoms with Crippen LogP contribution in [-0.4, -0.2) is 40.8 Å². The van der Waals surface area contributed by atoms with E-state index >= 15 is 0 Å². The molecule has 0 saturated carbocycles. The highest BCUT2D eigenvalue weighted by atomic mass is 32.2. The van der Waals surface area contributed by atoms with Crippen LogP contribution in [0.1, 0.15) is 19.3 Å². The van der Waals surface area contributed by atoms with Crippen LogP contribution in [0.15, 0.2) is 21.7 Å². The smallest absolute Gasteiger partial charge is 0.250 e. The van der Waals surface area contributed by atoms with E-state index in [4.69, 9.17) is 4.74 Å². The van der Waals surface area contributed by atoms with Gasteiger partial charge in [-0.1, -0.05) is 6.07 Å². The Bertz CT molecular complexity index is 453. The van der Waals surface area contributed by atoms with Crippen molar-refractivity contribution in [1.29, 1.82) is 0 Å². The molecule has 19 heavy (non-hydrogen) atoms. The van der Waals surface area contributed by atoms with E-state index in [9.17, 15) is 8.42 Å². The van der Waals surface area contributed by atoms with E-state index in [-0.39, 0.29) is 0 Å². The fraction of sp³-hybridized carbons (Fsp3) is 0.667. The molecule has 1 saturated heterocycles. The van der Waals surface area contributed by atoms with E-state index in [2.05, 4.69) is 10.0 Å². The third-order valence-electron chi connectivity index (χ3n) is 3.01. The van der Waals surface area contributed by atoms with E-state index in [0.717, 1.165) is 25.9 Å². The number of thiophene rings is 1. The summed E-state index contributed by atoms with van der Waals surface area (Å²) in [5.41, 5.74) is 0. The normalized spacial score (nSPS) is 17.7. The molecular weight excluding hydrogens is 284 g/mol. The second-order valence-electron chi connectivity index (χ2n) is 4.50. The molecule has 0 atom stereocenters. The number of ether oxygens (including phenoxy) is 1. The Balaban J connectivity index is 1.61. The molecule has 0 aliphatic carbocycles. The summed E-state index contributed by atoms with van der Waals surface area (Å²) in [5.74, 6) is 0. The molecule has 1 aliphatic heterocycles. The molecule has 0 unspecified atom stereocenters. The zero-order valence-corrected chi connectivity index (χ0v) is 12.4. The summed E-state index contributed by atoms with van der Waals surface area (Å²) in [6.07, 6.45) is 3.12. The summed E-state index contributed by atoms with van der Waals surface area (Å²) < 4.78 is 32.3. The van der Waals surface area contributed by atoms with Gasteiger partial charge in [-0.2, -0.15) is 0 Å². The zero-order chi connectivity index (χ0) is 13.6. The third kappa shape index (κ3) is 4.85. The lowest BCUT2D eigenvalue weighted by Gasteiger charge is -2.22. The molecule has 108 valence electrons. The van der Waals surface area contributed by atoms with Gasteiger partial charge in [-0.15, -0.1) is 11.3 Å². The Hall–Kier alpha value is -0.470. The van der Waals surface area contributed by atoms with Gasteiger partial charge in [0, 0.05) is 13.2 Å². The summed E-state index contributed by atoms with van der Waals surface area (Å²) in [6, 6.07) is 3.35. The average Bonchev–Trinajstić information content (AvgIpc) is 2.94. The van der Waals surface area contributed by atoms with Crippen LogP contribution < -0.4 is 10.0 Å². The van der Waals surface area contributed by atoms with Gasteiger partial charge in [0.25, 0.3) is 0 Å². The Morgan fingerprint density at radius 2 is 2.21 bits per heavy atom. The van der Waals surface area contributed by atoms with Crippen molar-refractivity contribution in [3.05, 3.63) is 17.5 Å². The summed E-state index contributed by atoms with van der Waals surface area (Å²) in [6.45, 7) is 3.05. The van der Waals surface area contributed by atoms with E-state index in [1.54, 1.807) is 17.5 Å². The van der Waals surface area contributed by atoms with Crippen LogP contribution in [-0.2, 0) is 14.8 Å². The van der Waals surface area contributed by atoms with Gasteiger partial charge >= 0.3 is 0 Å². The minimum atomic E-state index is -3.32. The van der Waals surface area contributed by atoms with Gasteiger partial charge in [-0.25, -0.2) is 13.1 Å². The number of hydrogen-bond donors (Lipinski definition) is 2. The number of rotatable bonds is 7. The molecule has 0 amide bonds. The molecule has 1 fully saturated rings. The molecule has 0 bridgehead atoms. The molecule has 0 radical (unpaired) electrons. The number of sulfonamides is 1. The maximum atomic E-state index is 11.8. The van der Waals surface area contributed by atoms with Crippen LogP contribution in [0.25, 0.3) is 0 Å². The number of piperidine rings is 1. The lowest BCUT2D eigenvalue weighted by atomic mass is 10.1. The summed E-state index contributed by atoms with van der Waals surface area (Å²) in [5, 5.41) is 5.04. The average molecular weight is 304 g/mol. The van der Waals surface area contributed by atoms with Crippen LogP contribution in [0, 0.1) is 0 Å². The second-order valence-corrected chi connectivity index (χ2v) is 7.45. The van der Waals surface area contributed by atoms with Crippen molar-refractivity contribution in [2.24, 2.45) is 0 Å². The highest BCUT2D eigenvalue weighted by molar-refractivity contribution is 7.91. The number of nitrogens with one attached hydrogen (secondary N) is 2. The van der Waals surface area contributed by atoms with E-state index < -0.39 is 10.0 Å². The summed E-state index contributed by atoms with van der Waals surface area (Å²) >= 11 is 1.23. The van der Waals surface area contributed by atoms with E-state index in [1.165, 1.54) is 11.3 Å². The van der Waals surface area contributed by atoms with Crippen LogP contribution in [0.4, 0.5) is 0 Å². The lowest BCUT2D eigenvalue weighted by Crippen LogP contribution is -2.33. The first-order valence-electron chi connectivity index (χ1n) is 6.54. The first-order chi connectivity index (χ1) is 9.18. The van der Waals surface area contributed by atoms with Crippen molar-refractivity contribution in [2.45, 2.75) is 29.6 Å². The first kappa shape index (κ1) is 14.9. The lowest BCUT2D eigenvalue weighted by molar-refractivity contribution is 0.0322. The summed E-state index contributed by atoms with van der Waals surface area (Å²) in [7, 11) is -3.32. The summed E-state index contributed by atoms with van der Waals surface area (Å²) in [4.78, 5) is 0. The molecule has 2 N–H and O–H groups in total.